The topological polar surface area (TPSA) is 85.1 Å². The quantitative estimate of drug-likeness (QED) is 0.375. The molecule has 84 valence electrons. The summed E-state index contributed by atoms with van der Waals surface area (Å²) in [5.74, 6) is -0.587. The first-order valence-electron chi connectivity index (χ1n) is 4.25. The average Bonchev–Trinajstić information content (AvgIpc) is 2.25. The van der Waals surface area contributed by atoms with Gasteiger partial charge in [-0.05, 0) is 6.07 Å². The molecule has 1 amide bonds. The number of hydrogen-bond acceptors (Lipinski definition) is 4. The van der Waals surface area contributed by atoms with Crippen LogP contribution in [-0.2, 0) is 0 Å². The van der Waals surface area contributed by atoms with Crippen LogP contribution < -0.4 is 5.32 Å². The molecule has 0 fully saturated rings. The smallest absolute Gasteiger partial charge is 0.300 e. The average molecular weight is 242 g/mol. The molecule has 16 heavy (non-hydrogen) atoms. The van der Waals surface area contributed by atoms with E-state index in [2.05, 4.69) is 16.9 Å². The van der Waals surface area contributed by atoms with Crippen molar-refractivity contribution in [3.63, 3.8) is 0 Å². The molecule has 0 radical (unpaired) electrons. The molecule has 1 N–H and O–H groups in total. The third kappa shape index (κ3) is 2.77. The molecular weight excluding hydrogens is 234 g/mol. The molecule has 0 aliphatic heterocycles. The maximum Gasteiger partial charge on any atom is 0.300 e. The molecular formula is C9H8ClN3O3. The largest absolute Gasteiger partial charge is 0.348 e. The SMILES string of the molecule is C=CCNC(=O)c1cc(Cl)ncc1[N+](=O)[O-]. The molecule has 0 saturated heterocycles. The number of carbonyl (C=O) groups is 1. The highest BCUT2D eigenvalue weighted by molar-refractivity contribution is 6.29. The Morgan fingerprint density at radius 3 is 3.00 bits per heavy atom. The zero-order chi connectivity index (χ0) is 12.1. The van der Waals surface area contributed by atoms with Crippen LogP contribution in [0.15, 0.2) is 24.9 Å². The highest BCUT2D eigenvalue weighted by Gasteiger charge is 2.20. The molecule has 0 aromatic carbocycles. The lowest BCUT2D eigenvalue weighted by Gasteiger charge is -2.03. The Balaban J connectivity index is 3.09. The first kappa shape index (κ1) is 12.1. The van der Waals surface area contributed by atoms with Crippen LogP contribution in [0.2, 0.25) is 5.15 Å². The van der Waals surface area contributed by atoms with Crippen molar-refractivity contribution in [1.29, 1.82) is 0 Å². The van der Waals surface area contributed by atoms with Crippen molar-refractivity contribution in [3.05, 3.63) is 45.7 Å². The lowest BCUT2D eigenvalue weighted by atomic mass is 10.2. The number of rotatable bonds is 4. The van der Waals surface area contributed by atoms with Crippen molar-refractivity contribution in [2.45, 2.75) is 0 Å². The summed E-state index contributed by atoms with van der Waals surface area (Å²) in [5, 5.41) is 13.1. The molecule has 0 saturated carbocycles. The number of nitrogens with zero attached hydrogens (tertiary/aromatic N) is 2. The molecule has 1 heterocycles. The predicted octanol–water partition coefficient (Wildman–Crippen LogP) is 1.56. The third-order valence-corrected chi connectivity index (χ3v) is 1.90. The number of pyridine rings is 1. The zero-order valence-corrected chi connectivity index (χ0v) is 8.90. The van der Waals surface area contributed by atoms with E-state index in [4.69, 9.17) is 11.6 Å². The van der Waals surface area contributed by atoms with E-state index < -0.39 is 10.8 Å². The van der Waals surface area contributed by atoms with Crippen molar-refractivity contribution in [1.82, 2.24) is 10.3 Å². The minimum atomic E-state index is -0.688. The Hall–Kier alpha value is -1.95. The molecule has 1 rings (SSSR count). The zero-order valence-electron chi connectivity index (χ0n) is 8.14. The van der Waals surface area contributed by atoms with Crippen LogP contribution in [0.5, 0.6) is 0 Å². The Bertz CT molecular complexity index is 448. The summed E-state index contributed by atoms with van der Waals surface area (Å²) < 4.78 is 0. The number of hydrogen-bond donors (Lipinski definition) is 1. The third-order valence-electron chi connectivity index (χ3n) is 1.70. The fourth-order valence-electron chi connectivity index (χ4n) is 1.01. The molecule has 6 nitrogen and oxygen atoms in total. The molecule has 7 heteroatoms. The Morgan fingerprint density at radius 2 is 2.44 bits per heavy atom. The number of aromatic nitrogens is 1. The predicted molar refractivity (Wildman–Crippen MR) is 58.4 cm³/mol. The number of nitrogens with one attached hydrogen (secondary N) is 1. The summed E-state index contributed by atoms with van der Waals surface area (Å²) in [6, 6.07) is 1.15. The molecule has 1 aromatic heterocycles. The second-order valence-electron chi connectivity index (χ2n) is 2.78. The van der Waals surface area contributed by atoms with Gasteiger partial charge in [-0.15, -0.1) is 6.58 Å². The molecule has 1 aromatic rings. The highest BCUT2D eigenvalue weighted by Crippen LogP contribution is 2.19. The number of nitro groups is 1. The van der Waals surface area contributed by atoms with Gasteiger partial charge in [0.1, 0.15) is 16.9 Å². The summed E-state index contributed by atoms with van der Waals surface area (Å²) in [5.41, 5.74) is -0.502. The van der Waals surface area contributed by atoms with Crippen LogP contribution in [0.4, 0.5) is 5.69 Å². The molecule has 0 atom stereocenters. The van der Waals surface area contributed by atoms with E-state index in [1.165, 1.54) is 6.08 Å². The Morgan fingerprint density at radius 1 is 1.75 bits per heavy atom. The fraction of sp³-hybridized carbons (Fsp3) is 0.111. The normalized spacial score (nSPS) is 9.56. The van der Waals surface area contributed by atoms with Crippen LogP contribution in [0.1, 0.15) is 10.4 Å². The second kappa shape index (κ2) is 5.22. The van der Waals surface area contributed by atoms with Gasteiger partial charge in [0, 0.05) is 6.54 Å². The molecule has 0 aliphatic carbocycles. The van der Waals surface area contributed by atoms with Crippen LogP contribution in [0.3, 0.4) is 0 Å². The minimum absolute atomic E-state index is 0.0225. The summed E-state index contributed by atoms with van der Waals surface area (Å²) in [4.78, 5) is 25.0. The van der Waals surface area contributed by atoms with Gasteiger partial charge in [0.25, 0.3) is 11.6 Å². The standard InChI is InChI=1S/C9H8ClN3O3/c1-2-3-11-9(14)6-4-8(10)12-5-7(6)13(15)16/h2,4-5H,1,3H2,(H,11,14). The van der Waals surface area contributed by atoms with Gasteiger partial charge in [-0.2, -0.15) is 0 Å². The summed E-state index contributed by atoms with van der Waals surface area (Å²) in [7, 11) is 0. The van der Waals surface area contributed by atoms with E-state index in [-0.39, 0.29) is 22.9 Å². The van der Waals surface area contributed by atoms with Gasteiger partial charge < -0.3 is 5.32 Å². The van der Waals surface area contributed by atoms with Crippen molar-refractivity contribution >= 4 is 23.2 Å². The molecule has 0 aliphatic rings. The van der Waals surface area contributed by atoms with Crippen molar-refractivity contribution < 1.29 is 9.72 Å². The maximum atomic E-state index is 11.5. The lowest BCUT2D eigenvalue weighted by molar-refractivity contribution is -0.385. The second-order valence-corrected chi connectivity index (χ2v) is 3.17. The summed E-state index contributed by atoms with van der Waals surface area (Å²) in [6.45, 7) is 3.63. The Kier molecular flexibility index (Phi) is 3.96. The number of carbonyl (C=O) groups excluding carboxylic acids is 1. The Labute approximate surface area is 96.1 Å². The first-order chi connectivity index (χ1) is 7.56. The van der Waals surface area contributed by atoms with Crippen LogP contribution in [0, 0.1) is 10.1 Å². The van der Waals surface area contributed by atoms with Crippen molar-refractivity contribution in [3.8, 4) is 0 Å². The van der Waals surface area contributed by atoms with E-state index in [9.17, 15) is 14.9 Å². The maximum absolute atomic E-state index is 11.5. The van der Waals surface area contributed by atoms with Gasteiger partial charge in [0.2, 0.25) is 0 Å². The first-order valence-corrected chi connectivity index (χ1v) is 4.63. The van der Waals surface area contributed by atoms with Gasteiger partial charge in [-0.25, -0.2) is 4.98 Å². The molecule has 0 bridgehead atoms. The number of amides is 1. The monoisotopic (exact) mass is 241 g/mol. The van der Waals surface area contributed by atoms with Crippen molar-refractivity contribution in [2.75, 3.05) is 6.54 Å². The van der Waals surface area contributed by atoms with Crippen LogP contribution >= 0.6 is 11.6 Å². The van der Waals surface area contributed by atoms with Crippen LogP contribution in [0.25, 0.3) is 0 Å². The summed E-state index contributed by atoms with van der Waals surface area (Å²) >= 11 is 5.57. The molecule has 0 unspecified atom stereocenters. The lowest BCUT2D eigenvalue weighted by Crippen LogP contribution is -2.24. The van der Waals surface area contributed by atoms with Gasteiger partial charge in [-0.3, -0.25) is 14.9 Å². The van der Waals surface area contributed by atoms with E-state index in [0.717, 1.165) is 12.3 Å². The van der Waals surface area contributed by atoms with Gasteiger partial charge in [0.15, 0.2) is 0 Å². The van der Waals surface area contributed by atoms with E-state index in [1.807, 2.05) is 0 Å². The fourth-order valence-corrected chi connectivity index (χ4v) is 1.17. The minimum Gasteiger partial charge on any atom is -0.348 e. The van der Waals surface area contributed by atoms with Gasteiger partial charge >= 0.3 is 0 Å². The van der Waals surface area contributed by atoms with E-state index in [0.29, 0.717) is 0 Å². The van der Waals surface area contributed by atoms with Crippen LogP contribution in [-0.4, -0.2) is 22.4 Å². The molecule has 0 spiro atoms. The van der Waals surface area contributed by atoms with Gasteiger partial charge in [0.05, 0.1) is 4.92 Å². The van der Waals surface area contributed by atoms with Gasteiger partial charge in [-0.1, -0.05) is 17.7 Å². The van der Waals surface area contributed by atoms with Crippen molar-refractivity contribution in [2.24, 2.45) is 0 Å². The van der Waals surface area contributed by atoms with E-state index >= 15 is 0 Å². The van der Waals surface area contributed by atoms with E-state index in [1.54, 1.807) is 0 Å². The summed E-state index contributed by atoms with van der Waals surface area (Å²) in [6.07, 6.45) is 2.41. The highest BCUT2D eigenvalue weighted by atomic mass is 35.5. The number of halogens is 1.